The molecule has 19 heavy (non-hydrogen) atoms. The van der Waals surface area contributed by atoms with Crippen LogP contribution in [0.15, 0.2) is 22.9 Å². The Hall–Kier alpha value is -1.62. The second kappa shape index (κ2) is 4.20. The third-order valence-corrected chi connectivity index (χ3v) is 4.48. The zero-order chi connectivity index (χ0) is 13.7. The zero-order valence-electron chi connectivity index (χ0n) is 11.0. The second-order valence-corrected chi connectivity index (χ2v) is 5.23. The first kappa shape index (κ1) is 12.4. The molecule has 2 aliphatic heterocycles. The molecule has 1 saturated heterocycles. The van der Waals surface area contributed by atoms with Crippen LogP contribution < -0.4 is 0 Å². The number of carboxylic acids is 1. The van der Waals surface area contributed by atoms with Crippen molar-refractivity contribution >= 4 is 11.9 Å². The summed E-state index contributed by atoms with van der Waals surface area (Å²) in [6.45, 7) is 1.83. The van der Waals surface area contributed by atoms with Gasteiger partial charge < -0.3 is 9.84 Å². The van der Waals surface area contributed by atoms with E-state index in [-0.39, 0.29) is 29.7 Å². The van der Waals surface area contributed by atoms with Crippen molar-refractivity contribution in [3.8, 4) is 0 Å². The first-order valence-corrected chi connectivity index (χ1v) is 6.61. The van der Waals surface area contributed by atoms with Crippen molar-refractivity contribution in [2.45, 2.75) is 38.3 Å². The van der Waals surface area contributed by atoms with Gasteiger partial charge in [-0.15, -0.1) is 0 Å². The number of amides is 1. The third kappa shape index (κ3) is 1.45. The van der Waals surface area contributed by atoms with E-state index in [0.717, 1.165) is 30.4 Å². The minimum Gasteiger partial charge on any atom is -0.477 e. The van der Waals surface area contributed by atoms with Crippen LogP contribution in [-0.4, -0.2) is 41.1 Å². The molecule has 1 aliphatic carbocycles. The van der Waals surface area contributed by atoms with Gasteiger partial charge >= 0.3 is 5.97 Å². The quantitative estimate of drug-likeness (QED) is 0.602. The number of β-lactam (4-membered cyclic amide) rings is 1. The average molecular weight is 263 g/mol. The van der Waals surface area contributed by atoms with Crippen molar-refractivity contribution in [1.82, 2.24) is 4.90 Å². The minimum atomic E-state index is -1.02. The molecule has 5 nitrogen and oxygen atoms in total. The molecule has 2 heterocycles. The summed E-state index contributed by atoms with van der Waals surface area (Å²) in [6, 6.07) is -0.0726. The Kier molecular flexibility index (Phi) is 2.74. The molecular weight excluding hydrogens is 246 g/mol. The molecule has 1 saturated carbocycles. The van der Waals surface area contributed by atoms with Gasteiger partial charge in [0, 0.05) is 18.6 Å². The predicted octanol–water partition coefficient (Wildman–Crippen LogP) is 1.31. The number of fused-ring (bicyclic) bond motifs is 3. The summed E-state index contributed by atoms with van der Waals surface area (Å²) in [5.41, 5.74) is 1.73. The van der Waals surface area contributed by atoms with Crippen LogP contribution in [0.3, 0.4) is 0 Å². The molecule has 3 unspecified atom stereocenters. The van der Waals surface area contributed by atoms with Gasteiger partial charge in [0.15, 0.2) is 0 Å². The highest BCUT2D eigenvalue weighted by Crippen LogP contribution is 2.51. The SMILES string of the molecule is C/C=C1/C(=O)N2C(C(=O)O)=C3C(OC)CCCC3C12. The van der Waals surface area contributed by atoms with Crippen LogP contribution >= 0.6 is 0 Å². The van der Waals surface area contributed by atoms with E-state index in [1.54, 1.807) is 7.11 Å². The Bertz CT molecular complexity index is 520. The van der Waals surface area contributed by atoms with E-state index < -0.39 is 5.97 Å². The largest absolute Gasteiger partial charge is 0.477 e. The van der Waals surface area contributed by atoms with Crippen molar-refractivity contribution < 1.29 is 19.4 Å². The molecule has 3 rings (SSSR count). The van der Waals surface area contributed by atoms with Gasteiger partial charge in [0.2, 0.25) is 0 Å². The van der Waals surface area contributed by atoms with Gasteiger partial charge in [-0.1, -0.05) is 6.08 Å². The maximum atomic E-state index is 12.0. The number of carbonyl (C=O) groups excluding carboxylic acids is 1. The van der Waals surface area contributed by atoms with E-state index in [0.29, 0.717) is 0 Å². The summed E-state index contributed by atoms with van der Waals surface area (Å²) >= 11 is 0. The zero-order valence-corrected chi connectivity index (χ0v) is 11.0. The molecule has 2 fully saturated rings. The highest BCUT2D eigenvalue weighted by Gasteiger charge is 2.58. The van der Waals surface area contributed by atoms with Crippen molar-refractivity contribution in [1.29, 1.82) is 0 Å². The maximum absolute atomic E-state index is 12.0. The number of hydrogen-bond donors (Lipinski definition) is 1. The molecule has 0 spiro atoms. The Labute approximate surface area is 111 Å². The van der Waals surface area contributed by atoms with Crippen molar-refractivity contribution in [3.05, 3.63) is 22.9 Å². The number of rotatable bonds is 2. The van der Waals surface area contributed by atoms with Crippen LogP contribution in [0, 0.1) is 5.92 Å². The van der Waals surface area contributed by atoms with Crippen LogP contribution in [0.4, 0.5) is 0 Å². The summed E-state index contributed by atoms with van der Waals surface area (Å²) in [7, 11) is 1.60. The van der Waals surface area contributed by atoms with E-state index in [1.807, 2.05) is 13.0 Å². The third-order valence-electron chi connectivity index (χ3n) is 4.48. The van der Waals surface area contributed by atoms with Gasteiger partial charge in [0.1, 0.15) is 5.70 Å². The van der Waals surface area contributed by atoms with Crippen molar-refractivity contribution in [2.24, 2.45) is 5.92 Å². The van der Waals surface area contributed by atoms with Gasteiger partial charge in [-0.2, -0.15) is 0 Å². The maximum Gasteiger partial charge on any atom is 0.352 e. The molecule has 0 radical (unpaired) electrons. The number of aliphatic carboxylic acids is 1. The summed E-state index contributed by atoms with van der Waals surface area (Å²) in [5, 5.41) is 9.44. The fraction of sp³-hybridized carbons (Fsp3) is 0.571. The first-order chi connectivity index (χ1) is 9.11. The lowest BCUT2D eigenvalue weighted by Crippen LogP contribution is -2.54. The number of nitrogens with zero attached hydrogens (tertiary/aromatic N) is 1. The average Bonchev–Trinajstić information content (AvgIpc) is 2.70. The highest BCUT2D eigenvalue weighted by atomic mass is 16.5. The molecular formula is C14H17NO4. The van der Waals surface area contributed by atoms with Crippen LogP contribution in [0.1, 0.15) is 26.2 Å². The molecule has 102 valence electrons. The van der Waals surface area contributed by atoms with Gasteiger partial charge in [-0.05, 0) is 31.8 Å². The molecule has 0 aromatic heterocycles. The van der Waals surface area contributed by atoms with Gasteiger partial charge in [0.05, 0.1) is 12.1 Å². The number of ether oxygens (including phenoxy) is 1. The minimum absolute atomic E-state index is 0.0726. The lowest BCUT2D eigenvalue weighted by Gasteiger charge is -2.41. The summed E-state index contributed by atoms with van der Waals surface area (Å²) in [6.07, 6.45) is 4.41. The van der Waals surface area contributed by atoms with E-state index in [1.165, 1.54) is 4.90 Å². The molecule has 3 atom stereocenters. The molecule has 0 aromatic carbocycles. The van der Waals surface area contributed by atoms with E-state index in [9.17, 15) is 14.7 Å². The topological polar surface area (TPSA) is 66.8 Å². The Morgan fingerprint density at radius 2 is 2.21 bits per heavy atom. The molecule has 0 aromatic rings. The summed E-state index contributed by atoms with van der Waals surface area (Å²) in [4.78, 5) is 25.0. The second-order valence-electron chi connectivity index (χ2n) is 5.23. The number of carbonyl (C=O) groups is 2. The molecule has 5 heteroatoms. The normalized spacial score (nSPS) is 35.3. The summed E-state index contributed by atoms with van der Waals surface area (Å²) in [5.74, 6) is -1.06. The van der Waals surface area contributed by atoms with Crippen molar-refractivity contribution in [3.63, 3.8) is 0 Å². The smallest absolute Gasteiger partial charge is 0.352 e. The molecule has 1 amide bonds. The summed E-state index contributed by atoms with van der Waals surface area (Å²) < 4.78 is 5.44. The van der Waals surface area contributed by atoms with Gasteiger partial charge in [0.25, 0.3) is 5.91 Å². The van der Waals surface area contributed by atoms with E-state index >= 15 is 0 Å². The molecule has 0 bridgehead atoms. The van der Waals surface area contributed by atoms with Crippen LogP contribution in [0.5, 0.6) is 0 Å². The number of allylic oxidation sites excluding steroid dienone is 1. The Morgan fingerprint density at radius 1 is 1.47 bits per heavy atom. The fourth-order valence-corrected chi connectivity index (χ4v) is 3.74. The van der Waals surface area contributed by atoms with Crippen LogP contribution in [0.25, 0.3) is 0 Å². The van der Waals surface area contributed by atoms with E-state index in [4.69, 9.17) is 4.74 Å². The monoisotopic (exact) mass is 263 g/mol. The fourth-order valence-electron chi connectivity index (χ4n) is 3.74. The van der Waals surface area contributed by atoms with Crippen LogP contribution in [0.2, 0.25) is 0 Å². The Balaban J connectivity index is 2.10. The first-order valence-electron chi connectivity index (χ1n) is 6.61. The van der Waals surface area contributed by atoms with E-state index in [2.05, 4.69) is 0 Å². The van der Waals surface area contributed by atoms with Gasteiger partial charge in [-0.3, -0.25) is 9.69 Å². The standard InChI is InChI=1S/C14H17NO4/c1-3-7-11-8-5-4-6-9(19-2)10(8)12(14(17)18)15(11)13(7)16/h3,8-9,11H,4-6H2,1-2H3,(H,17,18)/b7-3+. The van der Waals surface area contributed by atoms with Crippen molar-refractivity contribution in [2.75, 3.05) is 7.11 Å². The highest BCUT2D eigenvalue weighted by molar-refractivity contribution is 6.09. The van der Waals surface area contributed by atoms with Gasteiger partial charge in [-0.25, -0.2) is 4.79 Å². The predicted molar refractivity (Wildman–Crippen MR) is 67.2 cm³/mol. The lowest BCUT2D eigenvalue weighted by atomic mass is 9.75. The van der Waals surface area contributed by atoms with Crippen LogP contribution in [-0.2, 0) is 14.3 Å². The molecule has 1 N–H and O–H groups in total. The Morgan fingerprint density at radius 3 is 2.79 bits per heavy atom. The number of methoxy groups -OCH3 is 1. The molecule has 3 aliphatic rings. The lowest BCUT2D eigenvalue weighted by molar-refractivity contribution is -0.142. The number of hydrogen-bond acceptors (Lipinski definition) is 3. The number of carboxylic acid groups (broad SMARTS) is 1.